The van der Waals surface area contributed by atoms with Gasteiger partial charge in [0.05, 0.1) is 32.0 Å². The number of β-amino-alcohol motifs (C(OH)–C–C–N with tert-alkyl or cyclic N) is 1. The van der Waals surface area contributed by atoms with E-state index < -0.39 is 6.10 Å². The van der Waals surface area contributed by atoms with E-state index in [9.17, 15) is 5.11 Å². The minimum Gasteiger partial charge on any atom is -0.389 e. The monoisotopic (exact) mass is 455 g/mol. The zero-order valence-electron chi connectivity index (χ0n) is 15.5. The van der Waals surface area contributed by atoms with Gasteiger partial charge in [0.25, 0.3) is 0 Å². The Kier molecular flexibility index (Phi) is 9.22. The number of hydrogen-bond acceptors (Lipinski definition) is 4. The van der Waals surface area contributed by atoms with Crippen LogP contribution in [-0.2, 0) is 16.1 Å². The average Bonchev–Trinajstić information content (AvgIpc) is 2.64. The Morgan fingerprint density at radius 2 is 2.04 bits per heavy atom. The molecule has 2 aromatic carbocycles. The summed E-state index contributed by atoms with van der Waals surface area (Å²) in [5.74, 6) is 0. The second kappa shape index (κ2) is 11.1. The number of morpholine rings is 1. The summed E-state index contributed by atoms with van der Waals surface area (Å²) >= 11 is 3.51. The zero-order chi connectivity index (χ0) is 18.4. The molecule has 0 saturated carbocycles. The molecule has 4 nitrogen and oxygen atoms in total. The largest absolute Gasteiger partial charge is 0.389 e. The lowest BCUT2D eigenvalue weighted by atomic mass is 10.1. The van der Waals surface area contributed by atoms with Crippen LogP contribution in [0.4, 0.5) is 0 Å². The third kappa shape index (κ3) is 7.18. The average molecular weight is 457 g/mol. The molecule has 0 amide bonds. The van der Waals surface area contributed by atoms with Crippen LogP contribution in [-0.4, -0.2) is 49.0 Å². The predicted octanol–water partition coefficient (Wildman–Crippen LogP) is 4.13. The molecule has 0 spiro atoms. The highest BCUT2D eigenvalue weighted by atomic mass is 79.9. The van der Waals surface area contributed by atoms with Crippen LogP contribution >= 0.6 is 28.3 Å². The summed E-state index contributed by atoms with van der Waals surface area (Å²) in [5, 5.41) is 10.3. The molecule has 0 aromatic heterocycles. The van der Waals surface area contributed by atoms with Crippen LogP contribution in [0.25, 0.3) is 0 Å². The van der Waals surface area contributed by atoms with Gasteiger partial charge in [0, 0.05) is 24.1 Å². The van der Waals surface area contributed by atoms with Crippen LogP contribution in [0.1, 0.15) is 22.8 Å². The fraction of sp³-hybridized carbons (Fsp3) is 0.429. The lowest BCUT2D eigenvalue weighted by Crippen LogP contribution is -2.43. The van der Waals surface area contributed by atoms with Gasteiger partial charge in [0.2, 0.25) is 0 Å². The molecule has 3 rings (SSSR count). The van der Waals surface area contributed by atoms with Gasteiger partial charge < -0.3 is 14.6 Å². The predicted molar refractivity (Wildman–Crippen MR) is 113 cm³/mol. The van der Waals surface area contributed by atoms with Crippen molar-refractivity contribution in [3.8, 4) is 0 Å². The third-order valence-corrected chi connectivity index (χ3v) is 5.03. The first-order valence-corrected chi connectivity index (χ1v) is 9.80. The van der Waals surface area contributed by atoms with E-state index in [-0.39, 0.29) is 18.5 Å². The van der Waals surface area contributed by atoms with Crippen LogP contribution in [0.3, 0.4) is 0 Å². The molecule has 6 heteroatoms. The highest BCUT2D eigenvalue weighted by molar-refractivity contribution is 9.10. The second-order valence-electron chi connectivity index (χ2n) is 6.83. The SMILES string of the molecule is Cc1ccc(COCC(O)CN2CCOC(c3cccc(Br)c3)C2)cc1.Cl. The fourth-order valence-electron chi connectivity index (χ4n) is 3.12. The van der Waals surface area contributed by atoms with Crippen molar-refractivity contribution in [3.63, 3.8) is 0 Å². The van der Waals surface area contributed by atoms with Crippen LogP contribution < -0.4 is 0 Å². The Bertz CT molecular complexity index is 698. The van der Waals surface area contributed by atoms with Crippen LogP contribution in [0, 0.1) is 6.92 Å². The summed E-state index contributed by atoms with van der Waals surface area (Å²) < 4.78 is 12.6. The molecule has 0 bridgehead atoms. The van der Waals surface area contributed by atoms with Gasteiger partial charge >= 0.3 is 0 Å². The molecule has 2 aromatic rings. The molecule has 0 radical (unpaired) electrons. The van der Waals surface area contributed by atoms with Crippen molar-refractivity contribution in [1.82, 2.24) is 4.90 Å². The van der Waals surface area contributed by atoms with Gasteiger partial charge in [-0.3, -0.25) is 4.90 Å². The standard InChI is InChI=1S/C21H26BrNO3.ClH/c1-16-5-7-17(8-6-16)14-25-15-20(24)12-23-9-10-26-21(13-23)18-3-2-4-19(22)11-18;/h2-8,11,20-21,24H,9-10,12-15H2,1H3;1H. The van der Waals surface area contributed by atoms with E-state index in [0.29, 0.717) is 26.4 Å². The van der Waals surface area contributed by atoms with E-state index >= 15 is 0 Å². The minimum absolute atomic E-state index is 0. The maximum absolute atomic E-state index is 10.3. The summed E-state index contributed by atoms with van der Waals surface area (Å²) in [4.78, 5) is 2.25. The Hall–Kier alpha value is -0.950. The number of aliphatic hydroxyl groups excluding tert-OH is 1. The molecule has 2 unspecified atom stereocenters. The molecule has 0 aliphatic carbocycles. The Morgan fingerprint density at radius 1 is 1.26 bits per heavy atom. The Balaban J connectivity index is 0.00000261. The van der Waals surface area contributed by atoms with Crippen molar-refractivity contribution in [3.05, 3.63) is 69.7 Å². The lowest BCUT2D eigenvalue weighted by Gasteiger charge is -2.34. The first kappa shape index (κ1) is 22.3. The van der Waals surface area contributed by atoms with Crippen LogP contribution in [0.5, 0.6) is 0 Å². The molecular formula is C21H27BrClNO3. The van der Waals surface area contributed by atoms with Gasteiger partial charge in [-0.05, 0) is 30.2 Å². The minimum atomic E-state index is -0.498. The van der Waals surface area contributed by atoms with E-state index in [1.54, 1.807) is 0 Å². The number of nitrogens with zero attached hydrogens (tertiary/aromatic N) is 1. The number of aryl methyl sites for hydroxylation is 1. The molecule has 148 valence electrons. The van der Waals surface area contributed by atoms with Gasteiger partial charge in [-0.2, -0.15) is 0 Å². The van der Waals surface area contributed by atoms with Gasteiger partial charge in [0.15, 0.2) is 0 Å². The number of aliphatic hydroxyl groups is 1. The molecular weight excluding hydrogens is 430 g/mol. The van der Waals surface area contributed by atoms with Crippen molar-refractivity contribution >= 4 is 28.3 Å². The normalized spacial score (nSPS) is 18.7. The molecule has 1 aliphatic rings. The molecule has 1 fully saturated rings. The van der Waals surface area contributed by atoms with E-state index in [1.165, 1.54) is 5.56 Å². The van der Waals surface area contributed by atoms with E-state index in [4.69, 9.17) is 9.47 Å². The van der Waals surface area contributed by atoms with Gasteiger partial charge in [-0.15, -0.1) is 12.4 Å². The number of halogens is 2. The summed E-state index contributed by atoms with van der Waals surface area (Å²) in [6.07, 6.45) is -0.455. The highest BCUT2D eigenvalue weighted by Gasteiger charge is 2.23. The second-order valence-corrected chi connectivity index (χ2v) is 7.74. The van der Waals surface area contributed by atoms with E-state index in [1.807, 2.05) is 12.1 Å². The number of rotatable bonds is 7. The summed E-state index contributed by atoms with van der Waals surface area (Å²) in [5.41, 5.74) is 3.53. The summed E-state index contributed by atoms with van der Waals surface area (Å²) in [7, 11) is 0. The first-order chi connectivity index (χ1) is 12.6. The fourth-order valence-corrected chi connectivity index (χ4v) is 3.54. The maximum atomic E-state index is 10.3. The zero-order valence-corrected chi connectivity index (χ0v) is 17.9. The Morgan fingerprint density at radius 3 is 2.78 bits per heavy atom. The van der Waals surface area contributed by atoms with E-state index in [0.717, 1.165) is 28.7 Å². The van der Waals surface area contributed by atoms with Crippen LogP contribution in [0.15, 0.2) is 53.0 Å². The first-order valence-electron chi connectivity index (χ1n) is 9.01. The van der Waals surface area contributed by atoms with Gasteiger partial charge in [-0.1, -0.05) is 57.9 Å². The topological polar surface area (TPSA) is 41.9 Å². The smallest absolute Gasteiger partial charge is 0.0952 e. The number of ether oxygens (including phenoxy) is 2. The molecule has 1 heterocycles. The molecule has 1 aliphatic heterocycles. The van der Waals surface area contributed by atoms with Crippen molar-refractivity contribution in [2.24, 2.45) is 0 Å². The number of benzene rings is 2. The number of hydrogen-bond donors (Lipinski definition) is 1. The molecule has 27 heavy (non-hydrogen) atoms. The van der Waals surface area contributed by atoms with Crippen molar-refractivity contribution in [1.29, 1.82) is 0 Å². The maximum Gasteiger partial charge on any atom is 0.0952 e. The highest BCUT2D eigenvalue weighted by Crippen LogP contribution is 2.24. The summed E-state index contributed by atoms with van der Waals surface area (Å²) in [6.45, 7) is 5.83. The van der Waals surface area contributed by atoms with E-state index in [2.05, 4.69) is 64.2 Å². The summed E-state index contributed by atoms with van der Waals surface area (Å²) in [6, 6.07) is 16.5. The quantitative estimate of drug-likeness (QED) is 0.680. The van der Waals surface area contributed by atoms with Crippen molar-refractivity contribution in [2.75, 3.05) is 32.8 Å². The lowest BCUT2D eigenvalue weighted by molar-refractivity contribution is -0.0536. The molecule has 2 atom stereocenters. The molecule has 1 saturated heterocycles. The van der Waals surface area contributed by atoms with Crippen molar-refractivity contribution < 1.29 is 14.6 Å². The van der Waals surface area contributed by atoms with Gasteiger partial charge in [-0.25, -0.2) is 0 Å². The third-order valence-electron chi connectivity index (χ3n) is 4.54. The van der Waals surface area contributed by atoms with Crippen LogP contribution in [0.2, 0.25) is 0 Å². The van der Waals surface area contributed by atoms with Crippen molar-refractivity contribution in [2.45, 2.75) is 25.7 Å². The molecule has 1 N–H and O–H groups in total. The van der Waals surface area contributed by atoms with Gasteiger partial charge in [0.1, 0.15) is 0 Å². The Labute approximate surface area is 176 Å².